The molecule has 0 radical (unpaired) electrons. The van der Waals surface area contributed by atoms with Gasteiger partial charge in [0.2, 0.25) is 11.9 Å². The summed E-state index contributed by atoms with van der Waals surface area (Å²) in [5.41, 5.74) is 2.23. The van der Waals surface area contributed by atoms with Crippen molar-refractivity contribution in [3.63, 3.8) is 0 Å². The minimum atomic E-state index is -0.770. The first kappa shape index (κ1) is 29.8. The SMILES string of the molecule is C=CC(=O)N1CC(NC(=O)C(=O)c2ccccc2Nc2nc(Nc3ccc(N4CCN(C)CC4)cc3OC)ncc2Cl)C1. The third-order valence-electron chi connectivity index (χ3n) is 7.38. The molecule has 2 aromatic carbocycles. The lowest BCUT2D eigenvalue weighted by Gasteiger charge is -2.38. The number of anilines is 5. The van der Waals surface area contributed by atoms with Crippen LogP contribution in [0, 0.1) is 0 Å². The van der Waals surface area contributed by atoms with Crippen LogP contribution in [0.2, 0.25) is 5.02 Å². The highest BCUT2D eigenvalue weighted by Gasteiger charge is 2.32. The number of ketones is 1. The minimum absolute atomic E-state index is 0.142. The Bertz CT molecular complexity index is 1540. The molecule has 2 fully saturated rings. The number of methoxy groups -OCH3 is 1. The lowest BCUT2D eigenvalue weighted by Crippen LogP contribution is -2.61. The van der Waals surface area contributed by atoms with Gasteiger partial charge >= 0.3 is 0 Å². The molecule has 3 heterocycles. The molecule has 0 spiro atoms. The molecule has 2 aliphatic heterocycles. The second-order valence-electron chi connectivity index (χ2n) is 10.3. The van der Waals surface area contributed by atoms with Gasteiger partial charge in [-0.15, -0.1) is 0 Å². The van der Waals surface area contributed by atoms with Crippen molar-refractivity contribution in [3.8, 4) is 5.75 Å². The zero-order valence-corrected chi connectivity index (χ0v) is 24.7. The van der Waals surface area contributed by atoms with Gasteiger partial charge in [-0.25, -0.2) is 4.98 Å². The molecule has 224 valence electrons. The molecule has 2 aliphatic rings. The summed E-state index contributed by atoms with van der Waals surface area (Å²) in [5.74, 6) is -0.593. The molecule has 1 aromatic heterocycles. The van der Waals surface area contributed by atoms with E-state index in [4.69, 9.17) is 16.3 Å². The second-order valence-corrected chi connectivity index (χ2v) is 10.7. The average Bonchev–Trinajstić information content (AvgIpc) is 3.00. The summed E-state index contributed by atoms with van der Waals surface area (Å²) >= 11 is 6.41. The Labute approximate surface area is 254 Å². The van der Waals surface area contributed by atoms with E-state index in [-0.39, 0.29) is 34.3 Å². The first-order valence-electron chi connectivity index (χ1n) is 13.8. The number of piperazine rings is 1. The lowest BCUT2D eigenvalue weighted by molar-refractivity contribution is -0.132. The highest BCUT2D eigenvalue weighted by atomic mass is 35.5. The first-order chi connectivity index (χ1) is 20.7. The number of nitrogens with zero attached hydrogens (tertiary/aromatic N) is 5. The summed E-state index contributed by atoms with van der Waals surface area (Å²) in [6.45, 7) is 7.95. The van der Waals surface area contributed by atoms with E-state index < -0.39 is 11.7 Å². The fraction of sp³-hybridized carbons (Fsp3) is 0.300. The summed E-state index contributed by atoms with van der Waals surface area (Å²) in [7, 11) is 3.72. The van der Waals surface area contributed by atoms with Gasteiger partial charge < -0.3 is 35.4 Å². The molecule has 3 aromatic rings. The third-order valence-corrected chi connectivity index (χ3v) is 7.65. The van der Waals surface area contributed by atoms with Crippen LogP contribution in [0.3, 0.4) is 0 Å². The highest BCUT2D eigenvalue weighted by molar-refractivity contribution is 6.44. The molecule has 2 amide bonds. The van der Waals surface area contributed by atoms with Gasteiger partial charge in [-0.3, -0.25) is 14.4 Å². The van der Waals surface area contributed by atoms with E-state index in [9.17, 15) is 14.4 Å². The zero-order chi connectivity index (χ0) is 30.5. The van der Waals surface area contributed by atoms with E-state index in [0.29, 0.717) is 30.2 Å². The van der Waals surface area contributed by atoms with Crippen molar-refractivity contribution in [2.75, 3.05) is 69.0 Å². The molecule has 0 bridgehead atoms. The van der Waals surface area contributed by atoms with Crippen molar-refractivity contribution in [3.05, 3.63) is 71.9 Å². The van der Waals surface area contributed by atoms with E-state index in [1.807, 2.05) is 18.2 Å². The summed E-state index contributed by atoms with van der Waals surface area (Å²) < 4.78 is 5.65. The summed E-state index contributed by atoms with van der Waals surface area (Å²) in [5, 5.41) is 9.15. The maximum atomic E-state index is 13.1. The summed E-state index contributed by atoms with van der Waals surface area (Å²) in [6.07, 6.45) is 2.65. The van der Waals surface area contributed by atoms with Gasteiger partial charge in [-0.1, -0.05) is 30.3 Å². The van der Waals surface area contributed by atoms with Crippen LogP contribution in [0.4, 0.5) is 28.8 Å². The number of Topliss-reactive ketones (excluding diaryl/α,β-unsaturated/α-hetero) is 1. The lowest BCUT2D eigenvalue weighted by atomic mass is 10.1. The van der Waals surface area contributed by atoms with Gasteiger partial charge in [0.05, 0.1) is 36.3 Å². The number of halogens is 1. The van der Waals surface area contributed by atoms with E-state index >= 15 is 0 Å². The monoisotopic (exact) mass is 604 g/mol. The standard InChI is InChI=1S/C30H33ClN8O4/c1-4-26(40)39-17-19(18-39)33-29(42)27(41)21-7-5-6-8-23(21)34-28-22(31)16-32-30(36-28)35-24-10-9-20(15-25(24)43-3)38-13-11-37(2)12-14-38/h4-10,15-16,19H,1,11-14,17-18H2,2-3H3,(H,33,42)(H2,32,34,35,36). The number of aromatic nitrogens is 2. The fourth-order valence-corrected chi connectivity index (χ4v) is 4.99. The molecule has 0 saturated carbocycles. The van der Waals surface area contributed by atoms with Crippen LogP contribution in [-0.2, 0) is 9.59 Å². The Hall–Kier alpha value is -4.68. The number of nitrogens with one attached hydrogen (secondary N) is 3. The number of likely N-dealkylation sites (N-methyl/N-ethyl adjacent to an activating group) is 1. The number of benzene rings is 2. The summed E-state index contributed by atoms with van der Waals surface area (Å²) in [4.78, 5) is 52.4. The molecule has 0 atom stereocenters. The van der Waals surface area contributed by atoms with Crippen molar-refractivity contribution in [2.24, 2.45) is 0 Å². The Kier molecular flexibility index (Phi) is 9.07. The van der Waals surface area contributed by atoms with Gasteiger partial charge in [0.25, 0.3) is 11.7 Å². The number of likely N-dealkylation sites (tertiary alicyclic amines) is 1. The van der Waals surface area contributed by atoms with Gasteiger partial charge in [0.15, 0.2) is 5.82 Å². The van der Waals surface area contributed by atoms with Crippen molar-refractivity contribution < 1.29 is 19.1 Å². The molecule has 5 rings (SSSR count). The molecule has 2 saturated heterocycles. The topological polar surface area (TPSA) is 132 Å². The Balaban J connectivity index is 1.28. The van der Waals surface area contributed by atoms with Crippen molar-refractivity contribution in [1.29, 1.82) is 0 Å². The van der Waals surface area contributed by atoms with Crippen molar-refractivity contribution >= 4 is 58.0 Å². The zero-order valence-electron chi connectivity index (χ0n) is 24.0. The number of rotatable bonds is 10. The maximum Gasteiger partial charge on any atom is 0.292 e. The Morgan fingerprint density at radius 3 is 2.51 bits per heavy atom. The minimum Gasteiger partial charge on any atom is -0.494 e. The number of para-hydroxylation sites is 1. The third kappa shape index (κ3) is 6.87. The van der Waals surface area contributed by atoms with Crippen LogP contribution < -0.4 is 25.6 Å². The van der Waals surface area contributed by atoms with E-state index in [2.05, 4.69) is 49.3 Å². The van der Waals surface area contributed by atoms with Crippen molar-refractivity contribution in [1.82, 2.24) is 25.1 Å². The van der Waals surface area contributed by atoms with E-state index in [1.54, 1.807) is 31.4 Å². The fourth-order valence-electron chi connectivity index (χ4n) is 4.85. The highest BCUT2D eigenvalue weighted by Crippen LogP contribution is 2.33. The molecular formula is C30H33ClN8O4. The summed E-state index contributed by atoms with van der Waals surface area (Å²) in [6, 6.07) is 12.2. The van der Waals surface area contributed by atoms with E-state index in [0.717, 1.165) is 31.9 Å². The second kappa shape index (κ2) is 13.1. The molecular weight excluding hydrogens is 572 g/mol. The van der Waals surface area contributed by atoms with Gasteiger partial charge in [-0.2, -0.15) is 4.98 Å². The van der Waals surface area contributed by atoms with Crippen molar-refractivity contribution in [2.45, 2.75) is 6.04 Å². The van der Waals surface area contributed by atoms with Gasteiger partial charge in [0, 0.05) is 51.0 Å². The molecule has 13 heteroatoms. The number of hydrogen-bond donors (Lipinski definition) is 3. The normalized spacial score (nSPS) is 15.3. The van der Waals surface area contributed by atoms with E-state index in [1.165, 1.54) is 17.2 Å². The Morgan fingerprint density at radius 2 is 1.79 bits per heavy atom. The number of amides is 2. The van der Waals surface area contributed by atoms with Crippen LogP contribution >= 0.6 is 11.6 Å². The first-order valence-corrected chi connectivity index (χ1v) is 14.2. The van der Waals surface area contributed by atoms with Crippen LogP contribution in [0.1, 0.15) is 10.4 Å². The predicted octanol–water partition coefficient (Wildman–Crippen LogP) is 3.07. The molecule has 43 heavy (non-hydrogen) atoms. The number of carbonyl (C=O) groups is 3. The average molecular weight is 605 g/mol. The molecule has 0 unspecified atom stereocenters. The van der Waals surface area contributed by atoms with Crippen LogP contribution in [-0.4, -0.2) is 96.8 Å². The van der Waals surface area contributed by atoms with Crippen LogP contribution in [0.5, 0.6) is 5.75 Å². The largest absolute Gasteiger partial charge is 0.494 e. The molecule has 12 nitrogen and oxygen atoms in total. The molecule has 0 aliphatic carbocycles. The van der Waals surface area contributed by atoms with Gasteiger partial charge in [-0.05, 0) is 37.4 Å². The maximum absolute atomic E-state index is 13.1. The smallest absolute Gasteiger partial charge is 0.292 e. The van der Waals surface area contributed by atoms with Crippen LogP contribution in [0.25, 0.3) is 0 Å². The number of ether oxygens (including phenoxy) is 1. The quantitative estimate of drug-likeness (QED) is 0.180. The Morgan fingerprint density at radius 1 is 1.05 bits per heavy atom. The van der Waals surface area contributed by atoms with Gasteiger partial charge in [0.1, 0.15) is 10.8 Å². The number of carbonyl (C=O) groups excluding carboxylic acids is 3. The predicted molar refractivity (Wildman–Crippen MR) is 166 cm³/mol. The number of hydrogen-bond acceptors (Lipinski definition) is 10. The van der Waals surface area contributed by atoms with Crippen LogP contribution in [0.15, 0.2) is 61.3 Å². The molecule has 3 N–H and O–H groups in total.